The van der Waals surface area contributed by atoms with Gasteiger partial charge in [0.1, 0.15) is 17.4 Å². The zero-order valence-electron chi connectivity index (χ0n) is 12.0. The van der Waals surface area contributed by atoms with E-state index in [0.29, 0.717) is 6.61 Å². The summed E-state index contributed by atoms with van der Waals surface area (Å²) in [6, 6.07) is -0.0511. The maximum Gasteiger partial charge on any atom is 0.412 e. The first kappa shape index (κ1) is 13.6. The van der Waals surface area contributed by atoms with E-state index in [4.69, 9.17) is 14.2 Å². The number of carbonyl (C=O) groups excluding carboxylic acids is 1. The number of amides is 1. The van der Waals surface area contributed by atoms with Crippen molar-refractivity contribution in [3.05, 3.63) is 0 Å². The molecule has 0 spiro atoms. The molecule has 0 saturated carbocycles. The van der Waals surface area contributed by atoms with E-state index in [1.165, 1.54) is 0 Å². The normalized spacial score (nSPS) is 34.6. The van der Waals surface area contributed by atoms with Crippen LogP contribution in [0.15, 0.2) is 0 Å². The SMILES string of the molecule is C[C@H]1O[C@H]1[C@@H]1COC(C)(C)N1C(=O)OC(C)(C)C. The zero-order chi connectivity index (χ0) is 13.7. The van der Waals surface area contributed by atoms with Crippen molar-refractivity contribution in [3.8, 4) is 0 Å². The fourth-order valence-electron chi connectivity index (χ4n) is 2.35. The molecule has 104 valence electrons. The summed E-state index contributed by atoms with van der Waals surface area (Å²) in [5.74, 6) is 0. The van der Waals surface area contributed by atoms with Gasteiger partial charge in [-0.15, -0.1) is 0 Å². The zero-order valence-corrected chi connectivity index (χ0v) is 12.0. The van der Waals surface area contributed by atoms with Gasteiger partial charge in [0.25, 0.3) is 0 Å². The highest BCUT2D eigenvalue weighted by atomic mass is 16.6. The summed E-state index contributed by atoms with van der Waals surface area (Å²) >= 11 is 0. The third kappa shape index (κ3) is 2.62. The third-order valence-corrected chi connectivity index (χ3v) is 3.25. The number of nitrogens with zero attached hydrogens (tertiary/aromatic N) is 1. The second kappa shape index (κ2) is 4.10. The molecule has 3 atom stereocenters. The lowest BCUT2D eigenvalue weighted by Crippen LogP contribution is -2.51. The molecule has 0 aromatic heterocycles. The highest BCUT2D eigenvalue weighted by Gasteiger charge is 2.55. The molecule has 0 radical (unpaired) electrons. The Balaban J connectivity index is 2.12. The Morgan fingerprint density at radius 2 is 1.94 bits per heavy atom. The minimum Gasteiger partial charge on any atom is -0.444 e. The number of hydrogen-bond donors (Lipinski definition) is 0. The summed E-state index contributed by atoms with van der Waals surface area (Å²) in [5, 5.41) is 0. The molecular weight excluding hydrogens is 234 g/mol. The standard InChI is InChI=1S/C13H23NO4/c1-8-10(17-8)9-7-16-13(5,6)14(9)11(15)18-12(2,3)4/h8-10H,7H2,1-6H3/t8-,9+,10-/m1/s1. The molecule has 0 aliphatic carbocycles. The van der Waals surface area contributed by atoms with Gasteiger partial charge in [-0.05, 0) is 41.5 Å². The topological polar surface area (TPSA) is 51.3 Å². The molecule has 1 amide bonds. The van der Waals surface area contributed by atoms with Gasteiger partial charge in [0, 0.05) is 0 Å². The first-order valence-corrected chi connectivity index (χ1v) is 6.43. The Hall–Kier alpha value is -0.810. The van der Waals surface area contributed by atoms with Crippen molar-refractivity contribution in [1.82, 2.24) is 4.90 Å². The molecule has 0 aromatic rings. The number of rotatable bonds is 1. The lowest BCUT2D eigenvalue weighted by Gasteiger charge is -2.34. The van der Waals surface area contributed by atoms with Crippen LogP contribution in [-0.4, -0.2) is 47.2 Å². The molecule has 5 heteroatoms. The summed E-state index contributed by atoms with van der Waals surface area (Å²) in [6.45, 7) is 11.8. The van der Waals surface area contributed by atoms with E-state index in [2.05, 4.69) is 0 Å². The first-order chi connectivity index (χ1) is 8.12. The highest BCUT2D eigenvalue weighted by Crippen LogP contribution is 2.37. The van der Waals surface area contributed by atoms with Crippen LogP contribution in [0.1, 0.15) is 41.5 Å². The Kier molecular flexibility index (Phi) is 3.10. The second-order valence-electron chi connectivity index (χ2n) is 6.48. The van der Waals surface area contributed by atoms with Gasteiger partial charge in [0.15, 0.2) is 0 Å². The summed E-state index contributed by atoms with van der Waals surface area (Å²) in [7, 11) is 0. The van der Waals surface area contributed by atoms with E-state index in [1.54, 1.807) is 4.90 Å². The van der Waals surface area contributed by atoms with Crippen LogP contribution in [0.25, 0.3) is 0 Å². The van der Waals surface area contributed by atoms with E-state index in [0.717, 1.165) is 0 Å². The van der Waals surface area contributed by atoms with Crippen LogP contribution in [0.2, 0.25) is 0 Å². The lowest BCUT2D eigenvalue weighted by atomic mass is 10.1. The maximum absolute atomic E-state index is 12.3. The minimum atomic E-state index is -0.640. The first-order valence-electron chi connectivity index (χ1n) is 6.43. The Labute approximate surface area is 108 Å². The van der Waals surface area contributed by atoms with Crippen molar-refractivity contribution in [2.45, 2.75) is 71.1 Å². The Morgan fingerprint density at radius 3 is 2.39 bits per heavy atom. The third-order valence-electron chi connectivity index (χ3n) is 3.25. The van der Waals surface area contributed by atoms with Crippen molar-refractivity contribution in [3.63, 3.8) is 0 Å². The van der Waals surface area contributed by atoms with E-state index in [-0.39, 0.29) is 24.3 Å². The summed E-state index contributed by atoms with van der Waals surface area (Å²) in [6.07, 6.45) is -0.0746. The smallest absolute Gasteiger partial charge is 0.412 e. The molecule has 0 unspecified atom stereocenters. The van der Waals surface area contributed by atoms with Gasteiger partial charge >= 0.3 is 6.09 Å². The number of epoxide rings is 1. The van der Waals surface area contributed by atoms with Gasteiger partial charge in [-0.1, -0.05) is 0 Å². The van der Waals surface area contributed by atoms with Crippen LogP contribution >= 0.6 is 0 Å². The molecule has 2 fully saturated rings. The van der Waals surface area contributed by atoms with Gasteiger partial charge in [-0.2, -0.15) is 0 Å². The van der Waals surface area contributed by atoms with Gasteiger partial charge in [-0.3, -0.25) is 4.90 Å². The van der Waals surface area contributed by atoms with Crippen molar-refractivity contribution >= 4 is 6.09 Å². The second-order valence-corrected chi connectivity index (χ2v) is 6.48. The average Bonchev–Trinajstić information content (AvgIpc) is 2.76. The van der Waals surface area contributed by atoms with Gasteiger partial charge in [-0.25, -0.2) is 4.79 Å². The van der Waals surface area contributed by atoms with Crippen LogP contribution in [-0.2, 0) is 14.2 Å². The van der Waals surface area contributed by atoms with Gasteiger partial charge in [0.2, 0.25) is 0 Å². The maximum atomic E-state index is 12.3. The molecule has 5 nitrogen and oxygen atoms in total. The fraction of sp³-hybridized carbons (Fsp3) is 0.923. The molecule has 2 aliphatic rings. The van der Waals surface area contributed by atoms with Gasteiger partial charge in [0.05, 0.1) is 18.8 Å². The van der Waals surface area contributed by atoms with Crippen molar-refractivity contribution in [2.75, 3.05) is 6.61 Å². The predicted molar refractivity (Wildman–Crippen MR) is 66.2 cm³/mol. The van der Waals surface area contributed by atoms with E-state index in [1.807, 2.05) is 41.5 Å². The highest BCUT2D eigenvalue weighted by molar-refractivity contribution is 5.70. The molecule has 2 heterocycles. The van der Waals surface area contributed by atoms with Crippen LogP contribution in [0, 0.1) is 0 Å². The largest absolute Gasteiger partial charge is 0.444 e. The van der Waals surface area contributed by atoms with Crippen molar-refractivity contribution in [2.24, 2.45) is 0 Å². The number of hydrogen-bond acceptors (Lipinski definition) is 4. The molecule has 0 aromatic carbocycles. The molecule has 18 heavy (non-hydrogen) atoms. The van der Waals surface area contributed by atoms with E-state index >= 15 is 0 Å². The van der Waals surface area contributed by atoms with Crippen LogP contribution in [0.4, 0.5) is 4.79 Å². The average molecular weight is 257 g/mol. The fourth-order valence-corrected chi connectivity index (χ4v) is 2.35. The monoisotopic (exact) mass is 257 g/mol. The van der Waals surface area contributed by atoms with Crippen LogP contribution in [0.5, 0.6) is 0 Å². The Bertz CT molecular complexity index is 347. The summed E-state index contributed by atoms with van der Waals surface area (Å²) < 4.78 is 16.6. The number of ether oxygens (including phenoxy) is 3. The number of carbonyl (C=O) groups is 1. The van der Waals surface area contributed by atoms with E-state index in [9.17, 15) is 4.79 Å². The van der Waals surface area contributed by atoms with Gasteiger partial charge < -0.3 is 14.2 Å². The molecule has 2 aliphatic heterocycles. The predicted octanol–water partition coefficient (Wildman–Crippen LogP) is 2.15. The van der Waals surface area contributed by atoms with Crippen molar-refractivity contribution in [1.29, 1.82) is 0 Å². The quantitative estimate of drug-likeness (QED) is 0.675. The molecule has 0 N–H and O–H groups in total. The molecule has 0 bridgehead atoms. The summed E-state index contributed by atoms with van der Waals surface area (Å²) in [5.41, 5.74) is -1.14. The minimum absolute atomic E-state index is 0.0511. The molecular formula is C13H23NO4. The Morgan fingerprint density at radius 1 is 1.39 bits per heavy atom. The van der Waals surface area contributed by atoms with Crippen molar-refractivity contribution < 1.29 is 19.0 Å². The summed E-state index contributed by atoms with van der Waals surface area (Å²) in [4.78, 5) is 14.0. The van der Waals surface area contributed by atoms with Crippen LogP contribution in [0.3, 0.4) is 0 Å². The molecule has 2 saturated heterocycles. The van der Waals surface area contributed by atoms with E-state index < -0.39 is 11.3 Å². The molecule has 2 rings (SSSR count). The van der Waals surface area contributed by atoms with Crippen LogP contribution < -0.4 is 0 Å². The lowest BCUT2D eigenvalue weighted by molar-refractivity contribution is -0.0632.